The summed E-state index contributed by atoms with van der Waals surface area (Å²) in [5, 5.41) is 2.62. The highest BCUT2D eigenvalue weighted by Crippen LogP contribution is 2.26. The predicted octanol–water partition coefficient (Wildman–Crippen LogP) is 4.30. The summed E-state index contributed by atoms with van der Waals surface area (Å²) in [5.41, 5.74) is 1.33. The molecule has 0 aliphatic rings. The number of nitrogens with one attached hydrogen (secondary N) is 2. The van der Waals surface area contributed by atoms with Crippen molar-refractivity contribution in [3.05, 3.63) is 53.6 Å². The fourth-order valence-electron chi connectivity index (χ4n) is 2.37. The van der Waals surface area contributed by atoms with Gasteiger partial charge in [0.1, 0.15) is 5.75 Å². The molecule has 0 atom stereocenters. The first-order valence-corrected chi connectivity index (χ1v) is 9.93. The Kier molecular flexibility index (Phi) is 6.55. The average Bonchev–Trinajstić information content (AvgIpc) is 2.57. The van der Waals surface area contributed by atoms with Crippen LogP contribution in [0.4, 0.5) is 24.5 Å². The molecule has 152 valence electrons. The van der Waals surface area contributed by atoms with Gasteiger partial charge in [0, 0.05) is 11.3 Å². The van der Waals surface area contributed by atoms with Gasteiger partial charge in [0.2, 0.25) is 10.0 Å². The van der Waals surface area contributed by atoms with E-state index in [0.717, 1.165) is 12.1 Å². The van der Waals surface area contributed by atoms with Gasteiger partial charge in [0.25, 0.3) is 5.91 Å². The molecule has 0 aliphatic heterocycles. The van der Waals surface area contributed by atoms with Gasteiger partial charge < -0.3 is 10.1 Å². The van der Waals surface area contributed by atoms with Crippen molar-refractivity contribution in [2.75, 3.05) is 15.8 Å². The van der Waals surface area contributed by atoms with Crippen LogP contribution < -0.4 is 14.8 Å². The normalized spacial score (nSPS) is 11.8. The number of carbonyl (C=O) groups is 1. The molecule has 0 aromatic heterocycles. The number of benzene rings is 2. The SMILES string of the molecule is CCCS(=O)(=O)Nc1cccc(NC(=O)c2ccc(OC(F)(F)F)cc2)c1C. The zero-order valence-corrected chi connectivity index (χ0v) is 15.9. The van der Waals surface area contributed by atoms with E-state index in [1.54, 1.807) is 32.0 Å². The van der Waals surface area contributed by atoms with Crippen molar-refractivity contribution >= 4 is 27.3 Å². The summed E-state index contributed by atoms with van der Waals surface area (Å²) < 4.78 is 66.7. The first-order chi connectivity index (χ1) is 13.0. The van der Waals surface area contributed by atoms with Gasteiger partial charge in [-0.05, 0) is 55.3 Å². The molecule has 6 nitrogen and oxygen atoms in total. The van der Waals surface area contributed by atoms with Gasteiger partial charge in [-0.3, -0.25) is 9.52 Å². The molecule has 2 aromatic rings. The monoisotopic (exact) mass is 416 g/mol. The van der Waals surface area contributed by atoms with Crippen molar-refractivity contribution in [1.29, 1.82) is 0 Å². The standard InChI is InChI=1S/C18H19F3N2O4S/c1-3-11-28(25,26)23-16-6-4-5-15(12(16)2)22-17(24)13-7-9-14(10-8-13)27-18(19,20)21/h4-10,23H,3,11H2,1-2H3,(H,22,24). The molecular formula is C18H19F3N2O4S. The lowest BCUT2D eigenvalue weighted by Gasteiger charge is -2.14. The number of rotatable bonds is 7. The van der Waals surface area contributed by atoms with Crippen molar-refractivity contribution in [2.24, 2.45) is 0 Å². The van der Waals surface area contributed by atoms with Crippen LogP contribution in [0.1, 0.15) is 29.3 Å². The van der Waals surface area contributed by atoms with E-state index in [0.29, 0.717) is 23.4 Å². The number of amides is 1. The Labute approximate surface area is 160 Å². The van der Waals surface area contributed by atoms with Crippen molar-refractivity contribution in [3.8, 4) is 5.75 Å². The van der Waals surface area contributed by atoms with E-state index in [9.17, 15) is 26.4 Å². The van der Waals surface area contributed by atoms with E-state index >= 15 is 0 Å². The zero-order chi connectivity index (χ0) is 20.9. The molecular weight excluding hydrogens is 397 g/mol. The molecule has 0 aliphatic carbocycles. The van der Waals surface area contributed by atoms with E-state index in [4.69, 9.17) is 0 Å². The van der Waals surface area contributed by atoms with Gasteiger partial charge in [-0.15, -0.1) is 13.2 Å². The van der Waals surface area contributed by atoms with Crippen LogP contribution in [0.2, 0.25) is 0 Å². The van der Waals surface area contributed by atoms with Gasteiger partial charge in [-0.2, -0.15) is 0 Å². The Morgan fingerprint density at radius 2 is 1.68 bits per heavy atom. The number of sulfonamides is 1. The van der Waals surface area contributed by atoms with Gasteiger partial charge in [-0.1, -0.05) is 13.0 Å². The molecule has 0 bridgehead atoms. The lowest BCUT2D eigenvalue weighted by Crippen LogP contribution is -2.18. The Morgan fingerprint density at radius 1 is 1.07 bits per heavy atom. The molecule has 1 amide bonds. The van der Waals surface area contributed by atoms with E-state index in [-0.39, 0.29) is 11.3 Å². The maximum atomic E-state index is 12.3. The highest BCUT2D eigenvalue weighted by Gasteiger charge is 2.31. The maximum Gasteiger partial charge on any atom is 0.573 e. The molecule has 0 heterocycles. The summed E-state index contributed by atoms with van der Waals surface area (Å²) in [6.07, 6.45) is -4.36. The molecule has 2 N–H and O–H groups in total. The highest BCUT2D eigenvalue weighted by molar-refractivity contribution is 7.92. The number of hydrogen-bond donors (Lipinski definition) is 2. The van der Waals surface area contributed by atoms with Crippen LogP contribution in [-0.2, 0) is 10.0 Å². The molecule has 2 rings (SSSR count). The third kappa shape index (κ3) is 6.15. The minimum Gasteiger partial charge on any atom is -0.406 e. The second kappa shape index (κ2) is 8.51. The smallest absolute Gasteiger partial charge is 0.406 e. The number of ether oxygens (including phenoxy) is 1. The molecule has 0 saturated carbocycles. The van der Waals surface area contributed by atoms with Crippen molar-refractivity contribution < 1.29 is 31.1 Å². The number of hydrogen-bond acceptors (Lipinski definition) is 4. The van der Waals surface area contributed by atoms with Gasteiger partial charge >= 0.3 is 6.36 Å². The Morgan fingerprint density at radius 3 is 2.25 bits per heavy atom. The van der Waals surface area contributed by atoms with Crippen LogP contribution in [0.5, 0.6) is 5.75 Å². The topological polar surface area (TPSA) is 84.5 Å². The van der Waals surface area contributed by atoms with Gasteiger partial charge in [-0.25, -0.2) is 8.42 Å². The average molecular weight is 416 g/mol. The molecule has 10 heteroatoms. The minimum absolute atomic E-state index is 0.0324. The lowest BCUT2D eigenvalue weighted by molar-refractivity contribution is -0.274. The predicted molar refractivity (Wildman–Crippen MR) is 100.0 cm³/mol. The Hall–Kier alpha value is -2.75. The highest BCUT2D eigenvalue weighted by atomic mass is 32.2. The molecule has 28 heavy (non-hydrogen) atoms. The molecule has 0 spiro atoms. The number of carbonyl (C=O) groups excluding carboxylic acids is 1. The molecule has 0 fully saturated rings. The molecule has 0 unspecified atom stereocenters. The van der Waals surface area contributed by atoms with Crippen LogP contribution in [0.25, 0.3) is 0 Å². The molecule has 0 saturated heterocycles. The summed E-state index contributed by atoms with van der Waals surface area (Å²) >= 11 is 0. The minimum atomic E-state index is -4.81. The number of halogens is 3. The van der Waals surface area contributed by atoms with Crippen LogP contribution >= 0.6 is 0 Å². The summed E-state index contributed by atoms with van der Waals surface area (Å²) in [7, 11) is -3.49. The second-order valence-electron chi connectivity index (χ2n) is 5.93. The number of anilines is 2. The van der Waals surface area contributed by atoms with E-state index in [1.165, 1.54) is 12.1 Å². The van der Waals surface area contributed by atoms with E-state index in [2.05, 4.69) is 14.8 Å². The van der Waals surface area contributed by atoms with Crippen molar-refractivity contribution in [1.82, 2.24) is 0 Å². The summed E-state index contributed by atoms with van der Waals surface area (Å²) in [4.78, 5) is 12.3. The van der Waals surface area contributed by atoms with E-state index < -0.39 is 28.0 Å². The third-order valence-corrected chi connectivity index (χ3v) is 5.15. The lowest BCUT2D eigenvalue weighted by atomic mass is 10.1. The first-order valence-electron chi connectivity index (χ1n) is 8.28. The summed E-state index contributed by atoms with van der Waals surface area (Å²) in [5.74, 6) is -1.03. The molecule has 0 radical (unpaired) electrons. The van der Waals surface area contributed by atoms with Crippen molar-refractivity contribution in [2.45, 2.75) is 26.6 Å². The zero-order valence-electron chi connectivity index (χ0n) is 15.1. The van der Waals surface area contributed by atoms with Crippen LogP contribution in [0, 0.1) is 6.92 Å². The largest absolute Gasteiger partial charge is 0.573 e. The molecule has 2 aromatic carbocycles. The third-order valence-electron chi connectivity index (χ3n) is 3.67. The van der Waals surface area contributed by atoms with Gasteiger partial charge in [0.15, 0.2) is 0 Å². The van der Waals surface area contributed by atoms with Gasteiger partial charge in [0.05, 0.1) is 11.4 Å². The fourth-order valence-corrected chi connectivity index (χ4v) is 3.57. The fraction of sp³-hybridized carbons (Fsp3) is 0.278. The summed E-state index contributed by atoms with van der Waals surface area (Å²) in [6.45, 7) is 3.38. The van der Waals surface area contributed by atoms with Crippen LogP contribution in [0.3, 0.4) is 0 Å². The first kappa shape index (κ1) is 21.5. The van der Waals surface area contributed by atoms with Crippen LogP contribution in [-0.4, -0.2) is 26.4 Å². The Bertz CT molecular complexity index is 942. The Balaban J connectivity index is 2.15. The second-order valence-corrected chi connectivity index (χ2v) is 7.77. The van der Waals surface area contributed by atoms with E-state index in [1.807, 2.05) is 0 Å². The maximum absolute atomic E-state index is 12.3. The quantitative estimate of drug-likeness (QED) is 0.705. The summed E-state index contributed by atoms with van der Waals surface area (Å²) in [6, 6.07) is 9.19. The van der Waals surface area contributed by atoms with Crippen molar-refractivity contribution in [3.63, 3.8) is 0 Å². The number of alkyl halides is 3. The van der Waals surface area contributed by atoms with Crippen LogP contribution in [0.15, 0.2) is 42.5 Å².